The van der Waals surface area contributed by atoms with Crippen LogP contribution in [0.1, 0.15) is 190 Å². The maximum Gasteiger partial charge on any atom is 0.0819 e. The summed E-state index contributed by atoms with van der Waals surface area (Å²) in [5.41, 5.74) is 16.5. The molecular formula is C44H95N5OS3. The molecule has 1 atom stereocenters. The third kappa shape index (κ3) is 52.3. The van der Waals surface area contributed by atoms with E-state index in [4.69, 9.17) is 21.9 Å². The molecule has 1 unspecified atom stereocenters. The molecule has 0 bridgehead atoms. The van der Waals surface area contributed by atoms with Crippen molar-refractivity contribution in [2.24, 2.45) is 23.1 Å². The first-order chi connectivity index (χ1) is 25.7. The first-order valence-corrected chi connectivity index (χ1v) is 25.3. The maximum atomic E-state index is 5.70. The second-order valence-electron chi connectivity index (χ2n) is 15.1. The molecule has 0 aromatic heterocycles. The molecule has 0 amide bonds. The Bertz CT molecular complexity index is 725. The van der Waals surface area contributed by atoms with E-state index in [1.165, 1.54) is 135 Å². The van der Waals surface area contributed by atoms with Crippen molar-refractivity contribution in [1.82, 2.24) is 9.62 Å². The highest BCUT2D eigenvalue weighted by molar-refractivity contribution is 8.77. The normalized spacial score (nSPS) is 12.5. The number of hydrogen-bond acceptors (Lipinski definition) is 9. The van der Waals surface area contributed by atoms with E-state index in [-0.39, 0.29) is 11.0 Å². The topological polar surface area (TPSA) is 103 Å². The van der Waals surface area contributed by atoms with Crippen LogP contribution >= 0.6 is 33.5 Å². The molecule has 0 heterocycles. The average molecular weight is 806 g/mol. The van der Waals surface area contributed by atoms with Gasteiger partial charge in [-0.3, -0.25) is 0 Å². The number of nitrogens with zero attached hydrogens (tertiary/aromatic N) is 1. The zero-order valence-electron chi connectivity index (χ0n) is 36.8. The Balaban J connectivity index is -0.000000852. The summed E-state index contributed by atoms with van der Waals surface area (Å²) in [6.45, 7) is 20.5. The molecule has 0 aliphatic rings. The summed E-state index contributed by atoms with van der Waals surface area (Å²) in [4.78, 5) is 0.116. The zero-order valence-corrected chi connectivity index (χ0v) is 39.2. The predicted molar refractivity (Wildman–Crippen MR) is 251 cm³/mol. The van der Waals surface area contributed by atoms with Crippen molar-refractivity contribution in [3.63, 3.8) is 0 Å². The second kappa shape index (κ2) is 48.4. The van der Waals surface area contributed by atoms with Gasteiger partial charge in [0, 0.05) is 32.8 Å². The number of rotatable bonds is 37. The van der Waals surface area contributed by atoms with Crippen LogP contribution in [-0.4, -0.2) is 66.7 Å². The Labute approximate surface area is 345 Å². The monoisotopic (exact) mass is 806 g/mol. The van der Waals surface area contributed by atoms with Crippen LogP contribution in [0.4, 0.5) is 0 Å². The molecule has 0 fully saturated rings. The molecule has 53 heavy (non-hydrogen) atoms. The molecular weight excluding hydrogens is 711 g/mol. The van der Waals surface area contributed by atoms with Gasteiger partial charge < -0.3 is 27.3 Å². The van der Waals surface area contributed by atoms with E-state index in [2.05, 4.69) is 89.4 Å². The summed E-state index contributed by atoms with van der Waals surface area (Å²) in [7, 11) is 6.09. The van der Waals surface area contributed by atoms with E-state index in [0.29, 0.717) is 19.0 Å². The van der Waals surface area contributed by atoms with Crippen molar-refractivity contribution >= 4 is 33.5 Å². The summed E-state index contributed by atoms with van der Waals surface area (Å²) < 4.78 is 7.79. The van der Waals surface area contributed by atoms with E-state index in [1.54, 1.807) is 0 Å². The van der Waals surface area contributed by atoms with Gasteiger partial charge in [-0.1, -0.05) is 172 Å². The smallest absolute Gasteiger partial charge is 0.0819 e. The summed E-state index contributed by atoms with van der Waals surface area (Å²) in [5, 5.41) is 4.72. The third-order valence-electron chi connectivity index (χ3n) is 8.92. The van der Waals surface area contributed by atoms with Crippen LogP contribution in [0.3, 0.4) is 0 Å². The van der Waals surface area contributed by atoms with Gasteiger partial charge in [-0.25, -0.2) is 4.31 Å². The lowest BCUT2D eigenvalue weighted by Crippen LogP contribution is -2.40. The molecule has 9 heteroatoms. The summed E-state index contributed by atoms with van der Waals surface area (Å²) >= 11 is 1.98. The van der Waals surface area contributed by atoms with E-state index in [9.17, 15) is 0 Å². The van der Waals surface area contributed by atoms with Gasteiger partial charge >= 0.3 is 0 Å². The minimum Gasteiger partial charge on any atom is -0.376 e. The molecule has 0 saturated carbocycles. The van der Waals surface area contributed by atoms with Crippen molar-refractivity contribution < 1.29 is 4.74 Å². The highest BCUT2D eigenvalue weighted by Gasteiger charge is 2.18. The van der Waals surface area contributed by atoms with E-state index in [0.717, 1.165) is 37.6 Å². The second-order valence-corrected chi connectivity index (χ2v) is 19.5. The Kier molecular flexibility index (Phi) is 52.7. The standard InChI is InChI=1S/C23H51N3S3.C13H24.C8H20N2O/c1-6-7-8-9-10-11-12-13-14-15-16-17-18-26(5)29-28-21-27-23(3,4)25-20-22(2)19-24;1-3-5-7-9-11-13-12-10-8-6-4-2;1-2-3-4-5-11-8(6-9)7-10/h22,25H,6-21,24H2,1-5H3;7,9,12-13H,3-6,8,10-11H2,1-2H3;8H,2-7,9-10H2,1H3/b;9-7-,13-12-;. The highest BCUT2D eigenvalue weighted by Crippen LogP contribution is 2.33. The van der Waals surface area contributed by atoms with E-state index in [1.807, 2.05) is 33.5 Å². The van der Waals surface area contributed by atoms with Gasteiger partial charge in [-0.15, -0.1) is 11.8 Å². The van der Waals surface area contributed by atoms with Crippen molar-refractivity contribution in [2.75, 3.05) is 51.5 Å². The van der Waals surface area contributed by atoms with Crippen molar-refractivity contribution in [2.45, 2.75) is 201 Å². The van der Waals surface area contributed by atoms with Crippen LogP contribution in [0.25, 0.3) is 0 Å². The summed E-state index contributed by atoms with van der Waals surface area (Å²) in [6, 6.07) is 0. The van der Waals surface area contributed by atoms with Crippen LogP contribution in [0, 0.1) is 5.92 Å². The van der Waals surface area contributed by atoms with E-state index >= 15 is 0 Å². The SMILES string of the molecule is CCC/C=C\C/C=C\CCCCC.CCCCCCCCCCCCCCN(C)SSCSC(C)(C)NCC(C)CN.CCCCCOC(CN)CN. The largest absolute Gasteiger partial charge is 0.376 e. The lowest BCUT2D eigenvalue weighted by molar-refractivity contribution is 0.0624. The first-order valence-electron chi connectivity index (χ1n) is 22.1. The average Bonchev–Trinajstić information content (AvgIpc) is 3.16. The summed E-state index contributed by atoms with van der Waals surface area (Å²) in [6.07, 6.45) is 38.7. The number of unbranched alkanes of at least 4 members (excludes halogenated alkanes) is 17. The van der Waals surface area contributed by atoms with Gasteiger partial charge in [-0.2, -0.15) is 0 Å². The molecule has 0 aromatic rings. The highest BCUT2D eigenvalue weighted by atomic mass is 33.1. The lowest BCUT2D eigenvalue weighted by atomic mass is 10.1. The number of ether oxygens (including phenoxy) is 1. The predicted octanol–water partition coefficient (Wildman–Crippen LogP) is 12.9. The van der Waals surface area contributed by atoms with Gasteiger partial charge in [-0.05, 0) is 82.9 Å². The molecule has 0 spiro atoms. The van der Waals surface area contributed by atoms with Crippen molar-refractivity contribution in [3.05, 3.63) is 24.3 Å². The molecule has 0 aromatic carbocycles. The molecule has 0 rings (SSSR count). The maximum absolute atomic E-state index is 5.70. The molecule has 0 aliphatic heterocycles. The minimum absolute atomic E-state index is 0.0619. The molecule has 0 aliphatic carbocycles. The van der Waals surface area contributed by atoms with Crippen molar-refractivity contribution in [3.8, 4) is 0 Å². The Morgan fingerprint density at radius 3 is 1.68 bits per heavy atom. The molecule has 6 nitrogen and oxygen atoms in total. The van der Waals surface area contributed by atoms with Gasteiger partial charge in [0.05, 0.1) is 16.1 Å². The Morgan fingerprint density at radius 1 is 0.642 bits per heavy atom. The summed E-state index contributed by atoms with van der Waals surface area (Å²) in [5.74, 6) is 0.540. The molecule has 0 radical (unpaired) electrons. The van der Waals surface area contributed by atoms with Crippen LogP contribution in [-0.2, 0) is 4.74 Å². The van der Waals surface area contributed by atoms with Crippen LogP contribution in [0.5, 0.6) is 0 Å². The first kappa shape index (κ1) is 57.6. The van der Waals surface area contributed by atoms with Crippen LogP contribution < -0.4 is 22.5 Å². The fraction of sp³-hybridized carbons (Fsp3) is 0.909. The number of hydrogen-bond donors (Lipinski definition) is 4. The van der Waals surface area contributed by atoms with Crippen LogP contribution in [0.2, 0.25) is 0 Å². The number of nitrogens with two attached hydrogens (primary N) is 3. The fourth-order valence-corrected chi connectivity index (χ4v) is 8.77. The van der Waals surface area contributed by atoms with Crippen LogP contribution in [0.15, 0.2) is 24.3 Å². The number of nitrogens with one attached hydrogen (secondary N) is 1. The van der Waals surface area contributed by atoms with Crippen molar-refractivity contribution in [1.29, 1.82) is 0 Å². The van der Waals surface area contributed by atoms with Gasteiger partial charge in [0.25, 0.3) is 0 Å². The van der Waals surface area contributed by atoms with E-state index < -0.39 is 0 Å². The lowest BCUT2D eigenvalue weighted by Gasteiger charge is -2.27. The Hall–Kier alpha value is 0.290. The fourth-order valence-electron chi connectivity index (χ4n) is 5.07. The zero-order chi connectivity index (χ0) is 40.1. The quantitative estimate of drug-likeness (QED) is 0.0161. The van der Waals surface area contributed by atoms with Gasteiger partial charge in [0.1, 0.15) is 0 Å². The Morgan fingerprint density at radius 2 is 1.15 bits per heavy atom. The number of thioether (sulfide) groups is 1. The van der Waals surface area contributed by atoms with Gasteiger partial charge in [0.2, 0.25) is 0 Å². The molecule has 0 saturated heterocycles. The number of allylic oxidation sites excluding steroid dienone is 4. The minimum atomic E-state index is 0.0619. The van der Waals surface area contributed by atoms with Gasteiger partial charge in [0.15, 0.2) is 0 Å². The molecule has 320 valence electrons. The molecule has 7 N–H and O–H groups in total. The third-order valence-corrected chi connectivity index (χ3v) is 13.1.